The van der Waals surface area contributed by atoms with Gasteiger partial charge >= 0.3 is 17.9 Å². The highest BCUT2D eigenvalue weighted by atomic mass is 16.6. The molecule has 0 radical (unpaired) electrons. The summed E-state index contributed by atoms with van der Waals surface area (Å²) >= 11 is 0. The Kier molecular flexibility index (Phi) is 63.8. The van der Waals surface area contributed by atoms with E-state index in [2.05, 4.69) is 142 Å². The molecule has 0 spiro atoms. The number of allylic oxidation sites excluding steroid dienone is 20. The molecular formula is C74H124O6. The van der Waals surface area contributed by atoms with Gasteiger partial charge in [-0.1, -0.05) is 284 Å². The number of rotatable bonds is 60. The molecule has 0 aromatic rings. The summed E-state index contributed by atoms with van der Waals surface area (Å²) in [5, 5.41) is 0. The van der Waals surface area contributed by atoms with Crippen molar-refractivity contribution in [2.45, 2.75) is 316 Å². The van der Waals surface area contributed by atoms with Crippen LogP contribution >= 0.6 is 0 Å². The smallest absolute Gasteiger partial charge is 0.306 e. The number of carbonyl (C=O) groups is 3. The van der Waals surface area contributed by atoms with Crippen LogP contribution in [0.15, 0.2) is 122 Å². The molecule has 0 N–H and O–H groups in total. The van der Waals surface area contributed by atoms with Gasteiger partial charge in [-0.15, -0.1) is 0 Å². The van der Waals surface area contributed by atoms with Gasteiger partial charge in [0.2, 0.25) is 0 Å². The number of esters is 3. The third-order valence-electron chi connectivity index (χ3n) is 14.2. The predicted octanol–water partition coefficient (Wildman–Crippen LogP) is 23.2. The van der Waals surface area contributed by atoms with Crippen molar-refractivity contribution in [1.29, 1.82) is 0 Å². The van der Waals surface area contributed by atoms with E-state index in [4.69, 9.17) is 14.2 Å². The van der Waals surface area contributed by atoms with Gasteiger partial charge in [-0.05, 0) is 128 Å². The highest BCUT2D eigenvalue weighted by molar-refractivity contribution is 5.71. The van der Waals surface area contributed by atoms with Crippen LogP contribution in [-0.2, 0) is 28.6 Å². The molecule has 80 heavy (non-hydrogen) atoms. The van der Waals surface area contributed by atoms with Gasteiger partial charge in [-0.2, -0.15) is 0 Å². The van der Waals surface area contributed by atoms with Crippen LogP contribution in [0.5, 0.6) is 0 Å². The third-order valence-corrected chi connectivity index (χ3v) is 14.2. The van der Waals surface area contributed by atoms with Crippen molar-refractivity contribution in [1.82, 2.24) is 0 Å². The normalized spacial score (nSPS) is 12.9. The highest BCUT2D eigenvalue weighted by Gasteiger charge is 2.19. The number of ether oxygens (including phenoxy) is 3. The highest BCUT2D eigenvalue weighted by Crippen LogP contribution is 2.16. The van der Waals surface area contributed by atoms with E-state index in [9.17, 15) is 14.4 Å². The zero-order chi connectivity index (χ0) is 57.8. The van der Waals surface area contributed by atoms with Crippen molar-refractivity contribution in [3.05, 3.63) is 122 Å². The lowest BCUT2D eigenvalue weighted by Crippen LogP contribution is -2.30. The molecule has 0 aromatic carbocycles. The van der Waals surface area contributed by atoms with Crippen LogP contribution in [0.3, 0.4) is 0 Å². The Balaban J connectivity index is 4.17. The van der Waals surface area contributed by atoms with E-state index < -0.39 is 6.10 Å². The van der Waals surface area contributed by atoms with Gasteiger partial charge in [0.1, 0.15) is 13.2 Å². The van der Waals surface area contributed by atoms with E-state index in [0.717, 1.165) is 148 Å². The zero-order valence-electron chi connectivity index (χ0n) is 52.3. The van der Waals surface area contributed by atoms with Crippen LogP contribution in [-0.4, -0.2) is 37.2 Å². The van der Waals surface area contributed by atoms with Crippen molar-refractivity contribution in [3.8, 4) is 0 Å². The number of carbonyl (C=O) groups excluding carboxylic acids is 3. The first-order valence-electron chi connectivity index (χ1n) is 33.5. The summed E-state index contributed by atoms with van der Waals surface area (Å²) < 4.78 is 16.9. The molecule has 0 aliphatic rings. The van der Waals surface area contributed by atoms with Gasteiger partial charge in [0.15, 0.2) is 6.10 Å². The second-order valence-corrected chi connectivity index (χ2v) is 22.0. The van der Waals surface area contributed by atoms with Gasteiger partial charge in [0, 0.05) is 19.3 Å². The SMILES string of the molecule is CC/C=C\C/C=C\C/C=C\C/C=C\C/C=C\C/C=C\C/C=C\CCCCCCCCCCCCCCCC(=O)OCC(COC(=O)CCCCCCC/C=C\C/C=C\CCC)OC(=O)CCCCCCC/C=C\CCCCCCC. The monoisotopic (exact) mass is 1110 g/mol. The molecule has 1 unspecified atom stereocenters. The fourth-order valence-corrected chi connectivity index (χ4v) is 9.16. The minimum Gasteiger partial charge on any atom is -0.462 e. The van der Waals surface area contributed by atoms with Crippen LogP contribution in [0.1, 0.15) is 310 Å². The van der Waals surface area contributed by atoms with E-state index in [1.54, 1.807) is 0 Å². The van der Waals surface area contributed by atoms with Gasteiger partial charge in [0.05, 0.1) is 0 Å². The van der Waals surface area contributed by atoms with Crippen molar-refractivity contribution >= 4 is 17.9 Å². The molecule has 0 amide bonds. The Morgan fingerprint density at radius 2 is 0.512 bits per heavy atom. The summed E-state index contributed by atoms with van der Waals surface area (Å²) in [6.07, 6.45) is 93.6. The largest absolute Gasteiger partial charge is 0.462 e. The van der Waals surface area contributed by atoms with Crippen molar-refractivity contribution in [2.75, 3.05) is 13.2 Å². The summed E-state index contributed by atoms with van der Waals surface area (Å²) in [5.74, 6) is -0.904. The summed E-state index contributed by atoms with van der Waals surface area (Å²) in [6.45, 7) is 6.45. The number of hydrogen-bond acceptors (Lipinski definition) is 6. The zero-order valence-corrected chi connectivity index (χ0v) is 52.3. The molecule has 0 saturated carbocycles. The Morgan fingerprint density at radius 1 is 0.263 bits per heavy atom. The van der Waals surface area contributed by atoms with Gasteiger partial charge in [0.25, 0.3) is 0 Å². The topological polar surface area (TPSA) is 78.9 Å². The average molecular weight is 1110 g/mol. The van der Waals surface area contributed by atoms with Crippen LogP contribution in [0.2, 0.25) is 0 Å². The molecule has 0 heterocycles. The van der Waals surface area contributed by atoms with Crippen LogP contribution in [0.4, 0.5) is 0 Å². The van der Waals surface area contributed by atoms with Crippen molar-refractivity contribution < 1.29 is 28.6 Å². The van der Waals surface area contributed by atoms with Gasteiger partial charge in [-0.25, -0.2) is 0 Å². The predicted molar refractivity (Wildman–Crippen MR) is 348 cm³/mol. The van der Waals surface area contributed by atoms with E-state index >= 15 is 0 Å². The fourth-order valence-electron chi connectivity index (χ4n) is 9.16. The Hall–Kier alpha value is -4.19. The standard InChI is InChI=1S/C74H124O6/c1-4-7-10-13-16-19-22-25-27-28-29-30-31-32-33-34-35-36-37-38-39-40-41-42-43-44-45-46-47-50-52-55-58-61-64-67-73(76)79-70-71(69-78-72(75)66-63-60-57-54-51-48-24-21-18-15-12-9-6-3)80-74(77)68-65-62-59-56-53-49-26-23-20-17-14-11-8-5-2/h7,10,12,15-16,19,21,23-27,29-30,32-33,35-36,38-39,71H,4-6,8-9,11,13-14,17-18,20,22,28,31,34,37,40-70H2,1-3H3/b10-7-,15-12-,19-16-,24-21-,26-23-,27-25-,30-29-,33-32-,36-35-,39-38-. The molecule has 0 bridgehead atoms. The number of hydrogen-bond donors (Lipinski definition) is 0. The number of unbranched alkanes of at least 4 members (excludes halogenated alkanes) is 29. The molecule has 6 nitrogen and oxygen atoms in total. The van der Waals surface area contributed by atoms with Gasteiger partial charge in [-0.3, -0.25) is 14.4 Å². The third kappa shape index (κ3) is 64.6. The molecule has 0 rings (SSSR count). The molecular weight excluding hydrogens is 985 g/mol. The molecule has 1 atom stereocenters. The minimum absolute atomic E-state index is 0.0861. The maximum Gasteiger partial charge on any atom is 0.306 e. The molecule has 0 saturated heterocycles. The lowest BCUT2D eigenvalue weighted by molar-refractivity contribution is -0.167. The summed E-state index contributed by atoms with van der Waals surface area (Å²) in [5.41, 5.74) is 0. The molecule has 0 aliphatic heterocycles. The molecule has 0 fully saturated rings. The average Bonchev–Trinajstić information content (AvgIpc) is 3.46. The summed E-state index contributed by atoms with van der Waals surface area (Å²) in [4.78, 5) is 38.3. The fraction of sp³-hybridized carbons (Fsp3) is 0.689. The quantitative estimate of drug-likeness (QED) is 0.0261. The minimum atomic E-state index is -0.790. The van der Waals surface area contributed by atoms with Crippen LogP contribution in [0, 0.1) is 0 Å². The first-order valence-corrected chi connectivity index (χ1v) is 33.5. The van der Waals surface area contributed by atoms with E-state index in [0.29, 0.717) is 19.3 Å². The second kappa shape index (κ2) is 67.3. The maximum absolute atomic E-state index is 12.9. The van der Waals surface area contributed by atoms with E-state index in [-0.39, 0.29) is 31.1 Å². The summed E-state index contributed by atoms with van der Waals surface area (Å²) in [7, 11) is 0. The van der Waals surface area contributed by atoms with Crippen LogP contribution < -0.4 is 0 Å². The van der Waals surface area contributed by atoms with E-state index in [1.165, 1.54) is 122 Å². The van der Waals surface area contributed by atoms with Crippen molar-refractivity contribution in [2.24, 2.45) is 0 Å². The first-order chi connectivity index (χ1) is 39.5. The Bertz CT molecular complexity index is 1650. The Morgan fingerprint density at radius 3 is 0.825 bits per heavy atom. The maximum atomic E-state index is 12.9. The molecule has 456 valence electrons. The molecule has 0 aromatic heterocycles. The summed E-state index contributed by atoms with van der Waals surface area (Å²) in [6, 6.07) is 0. The lowest BCUT2D eigenvalue weighted by Gasteiger charge is -2.18. The van der Waals surface area contributed by atoms with E-state index in [1.807, 2.05) is 0 Å². The Labute approximate surface area is 494 Å². The first kappa shape index (κ1) is 75.8. The lowest BCUT2D eigenvalue weighted by atomic mass is 10.0. The molecule has 0 aliphatic carbocycles. The second-order valence-electron chi connectivity index (χ2n) is 22.0. The van der Waals surface area contributed by atoms with Crippen LogP contribution in [0.25, 0.3) is 0 Å². The molecule has 6 heteroatoms. The van der Waals surface area contributed by atoms with Crippen molar-refractivity contribution in [3.63, 3.8) is 0 Å². The van der Waals surface area contributed by atoms with Gasteiger partial charge < -0.3 is 14.2 Å².